The first kappa shape index (κ1) is 13.0. The van der Waals surface area contributed by atoms with Crippen molar-refractivity contribution in [3.8, 4) is 0 Å². The molecule has 0 bridgehead atoms. The molecular formula is C12H17N3O2. The Kier molecular flexibility index (Phi) is 4.51. The number of anilines is 1. The molecule has 0 spiro atoms. The molecule has 5 nitrogen and oxygen atoms in total. The second-order valence-electron chi connectivity index (χ2n) is 4.18. The zero-order valence-electron chi connectivity index (χ0n) is 9.99. The van der Waals surface area contributed by atoms with Gasteiger partial charge >= 0.3 is 6.03 Å². The number of carbonyl (C=O) groups excluding carboxylic acids is 2. The fourth-order valence-corrected chi connectivity index (χ4v) is 1.15. The van der Waals surface area contributed by atoms with Crippen LogP contribution < -0.4 is 16.4 Å². The van der Waals surface area contributed by atoms with Crippen molar-refractivity contribution in [2.45, 2.75) is 13.8 Å². The van der Waals surface area contributed by atoms with E-state index in [0.717, 1.165) is 0 Å². The summed E-state index contributed by atoms with van der Waals surface area (Å²) in [6, 6.07) is 5.88. The predicted molar refractivity (Wildman–Crippen MR) is 66.6 cm³/mol. The Balaban J connectivity index is 2.49. The highest BCUT2D eigenvalue weighted by Gasteiger charge is 2.09. The summed E-state index contributed by atoms with van der Waals surface area (Å²) >= 11 is 0. The minimum absolute atomic E-state index is 0.340. The van der Waals surface area contributed by atoms with E-state index in [-0.39, 0.29) is 0 Å². The molecule has 17 heavy (non-hydrogen) atoms. The minimum atomic E-state index is -0.486. The summed E-state index contributed by atoms with van der Waals surface area (Å²) in [5.74, 6) is -0.0985. The predicted octanol–water partition coefficient (Wildman–Crippen LogP) is 1.36. The van der Waals surface area contributed by atoms with Gasteiger partial charge in [0.25, 0.3) is 5.91 Å². The molecule has 5 heteroatoms. The first-order valence-electron chi connectivity index (χ1n) is 5.43. The molecule has 0 saturated carbocycles. The van der Waals surface area contributed by atoms with Crippen LogP contribution >= 0.6 is 0 Å². The van der Waals surface area contributed by atoms with Gasteiger partial charge in [-0.25, -0.2) is 4.79 Å². The Hall–Kier alpha value is -2.04. The molecule has 0 fully saturated rings. The maximum Gasteiger partial charge on any atom is 0.321 e. The first-order valence-corrected chi connectivity index (χ1v) is 5.43. The standard InChI is InChI=1S/C12H17N3O2/c1-8(2)7-14-12(17)15-11(16)9-3-5-10(13)6-4-9/h3-6,8H,7,13H2,1-2H3,(H2,14,15,16,17). The highest BCUT2D eigenvalue weighted by atomic mass is 16.2. The molecule has 1 aromatic carbocycles. The summed E-state index contributed by atoms with van der Waals surface area (Å²) in [5.41, 5.74) is 6.47. The van der Waals surface area contributed by atoms with Crippen molar-refractivity contribution in [2.75, 3.05) is 12.3 Å². The largest absolute Gasteiger partial charge is 0.399 e. The number of nitrogen functional groups attached to an aromatic ring is 1. The van der Waals surface area contributed by atoms with Crippen LogP contribution in [0.3, 0.4) is 0 Å². The van der Waals surface area contributed by atoms with Gasteiger partial charge in [-0.3, -0.25) is 10.1 Å². The topological polar surface area (TPSA) is 84.2 Å². The monoisotopic (exact) mass is 235 g/mol. The van der Waals surface area contributed by atoms with E-state index in [2.05, 4.69) is 10.6 Å². The Labute approximate surface area is 100 Å². The molecule has 0 heterocycles. The number of urea groups is 1. The molecular weight excluding hydrogens is 218 g/mol. The number of benzene rings is 1. The van der Waals surface area contributed by atoms with E-state index in [9.17, 15) is 9.59 Å². The van der Waals surface area contributed by atoms with Gasteiger partial charge in [0, 0.05) is 17.8 Å². The van der Waals surface area contributed by atoms with Crippen LogP contribution in [0.5, 0.6) is 0 Å². The summed E-state index contributed by atoms with van der Waals surface area (Å²) < 4.78 is 0. The SMILES string of the molecule is CC(C)CNC(=O)NC(=O)c1ccc(N)cc1. The lowest BCUT2D eigenvalue weighted by atomic mass is 10.2. The van der Waals surface area contributed by atoms with E-state index in [1.807, 2.05) is 13.8 Å². The fourth-order valence-electron chi connectivity index (χ4n) is 1.15. The molecule has 92 valence electrons. The third kappa shape index (κ3) is 4.55. The smallest absolute Gasteiger partial charge is 0.321 e. The van der Waals surface area contributed by atoms with Crippen LogP contribution in [0.4, 0.5) is 10.5 Å². The molecule has 0 atom stereocenters. The molecule has 0 aliphatic carbocycles. The van der Waals surface area contributed by atoms with Gasteiger partial charge in [-0.05, 0) is 30.2 Å². The number of nitrogens with two attached hydrogens (primary N) is 1. The van der Waals surface area contributed by atoms with Crippen LogP contribution in [-0.4, -0.2) is 18.5 Å². The van der Waals surface area contributed by atoms with E-state index < -0.39 is 11.9 Å². The average molecular weight is 235 g/mol. The average Bonchev–Trinajstić information content (AvgIpc) is 2.27. The maximum atomic E-state index is 11.6. The Morgan fingerprint density at radius 3 is 2.35 bits per heavy atom. The summed E-state index contributed by atoms with van der Waals surface area (Å²) in [5, 5.41) is 4.84. The highest BCUT2D eigenvalue weighted by Crippen LogP contribution is 2.04. The van der Waals surface area contributed by atoms with Gasteiger partial charge in [-0.2, -0.15) is 0 Å². The van der Waals surface area contributed by atoms with Crippen LogP contribution in [0.15, 0.2) is 24.3 Å². The summed E-state index contributed by atoms with van der Waals surface area (Å²) in [6.45, 7) is 4.48. The lowest BCUT2D eigenvalue weighted by Gasteiger charge is -2.08. The molecule has 0 aliphatic rings. The first-order chi connectivity index (χ1) is 7.99. The summed E-state index contributed by atoms with van der Waals surface area (Å²) in [4.78, 5) is 22.9. The zero-order valence-corrected chi connectivity index (χ0v) is 9.99. The van der Waals surface area contributed by atoms with Gasteiger partial charge in [0.1, 0.15) is 0 Å². The van der Waals surface area contributed by atoms with Crippen molar-refractivity contribution in [1.29, 1.82) is 0 Å². The van der Waals surface area contributed by atoms with Crippen LogP contribution in [0.2, 0.25) is 0 Å². The molecule has 0 unspecified atom stereocenters. The van der Waals surface area contributed by atoms with Gasteiger partial charge in [-0.15, -0.1) is 0 Å². The van der Waals surface area contributed by atoms with Gasteiger partial charge < -0.3 is 11.1 Å². The van der Waals surface area contributed by atoms with Crippen molar-refractivity contribution in [2.24, 2.45) is 5.92 Å². The van der Waals surface area contributed by atoms with Gasteiger partial charge in [0.05, 0.1) is 0 Å². The van der Waals surface area contributed by atoms with E-state index in [4.69, 9.17) is 5.73 Å². The van der Waals surface area contributed by atoms with Crippen molar-refractivity contribution >= 4 is 17.6 Å². The minimum Gasteiger partial charge on any atom is -0.399 e. The van der Waals surface area contributed by atoms with E-state index in [0.29, 0.717) is 23.7 Å². The quantitative estimate of drug-likeness (QED) is 0.692. The summed E-state index contributed by atoms with van der Waals surface area (Å²) in [6.07, 6.45) is 0. The molecule has 0 aliphatic heterocycles. The fraction of sp³-hybridized carbons (Fsp3) is 0.333. The van der Waals surface area contributed by atoms with Crippen molar-refractivity contribution in [3.63, 3.8) is 0 Å². The Morgan fingerprint density at radius 2 is 1.82 bits per heavy atom. The molecule has 1 rings (SSSR count). The number of nitrogens with one attached hydrogen (secondary N) is 2. The summed E-state index contributed by atoms with van der Waals surface area (Å²) in [7, 11) is 0. The second kappa shape index (κ2) is 5.89. The van der Waals surface area contributed by atoms with Crippen LogP contribution in [-0.2, 0) is 0 Å². The van der Waals surface area contributed by atoms with Crippen molar-refractivity contribution in [3.05, 3.63) is 29.8 Å². The number of amides is 3. The third-order valence-electron chi connectivity index (χ3n) is 2.07. The zero-order chi connectivity index (χ0) is 12.8. The van der Waals surface area contributed by atoms with Crippen molar-refractivity contribution in [1.82, 2.24) is 10.6 Å². The molecule has 0 saturated heterocycles. The van der Waals surface area contributed by atoms with Gasteiger partial charge in [0.15, 0.2) is 0 Å². The molecule has 0 radical (unpaired) electrons. The number of rotatable bonds is 3. The lowest BCUT2D eigenvalue weighted by molar-refractivity contribution is 0.0964. The Morgan fingerprint density at radius 1 is 1.24 bits per heavy atom. The third-order valence-corrected chi connectivity index (χ3v) is 2.07. The highest BCUT2D eigenvalue weighted by molar-refractivity contribution is 6.04. The normalized spacial score (nSPS) is 10.1. The molecule has 0 aromatic heterocycles. The molecule has 3 amide bonds. The lowest BCUT2D eigenvalue weighted by Crippen LogP contribution is -2.40. The van der Waals surface area contributed by atoms with Crippen LogP contribution in [0, 0.1) is 5.92 Å². The number of carbonyl (C=O) groups is 2. The maximum absolute atomic E-state index is 11.6. The number of imide groups is 1. The van der Waals surface area contributed by atoms with Gasteiger partial charge in [0.2, 0.25) is 0 Å². The van der Waals surface area contributed by atoms with Crippen LogP contribution in [0.25, 0.3) is 0 Å². The second-order valence-corrected chi connectivity index (χ2v) is 4.18. The van der Waals surface area contributed by atoms with E-state index >= 15 is 0 Å². The van der Waals surface area contributed by atoms with Gasteiger partial charge in [-0.1, -0.05) is 13.8 Å². The van der Waals surface area contributed by atoms with E-state index in [1.165, 1.54) is 0 Å². The van der Waals surface area contributed by atoms with E-state index in [1.54, 1.807) is 24.3 Å². The van der Waals surface area contributed by atoms with Crippen LogP contribution in [0.1, 0.15) is 24.2 Å². The molecule has 1 aromatic rings. The molecule has 4 N–H and O–H groups in total. The number of hydrogen-bond donors (Lipinski definition) is 3. The Bertz CT molecular complexity index is 399. The van der Waals surface area contributed by atoms with Crippen molar-refractivity contribution < 1.29 is 9.59 Å². The number of hydrogen-bond acceptors (Lipinski definition) is 3.